The Kier molecular flexibility index (Phi) is 6.86. The van der Waals surface area contributed by atoms with Gasteiger partial charge in [-0.2, -0.15) is 0 Å². The maximum atomic E-state index is 12.6. The monoisotopic (exact) mass is 435 g/mol. The second kappa shape index (κ2) is 9.13. The molecular weight excluding hydrogens is 410 g/mol. The molecule has 0 bridgehead atoms. The quantitative estimate of drug-likeness (QED) is 0.747. The first kappa shape index (κ1) is 19.5. The SMILES string of the molecule is C[C@H](NC(=O)[C@H](C)N1CCN(Cc2ccc(Br)s2)CC1)c1ccccc1. The molecular formula is C20H26BrN3OS. The van der Waals surface area contributed by atoms with E-state index in [2.05, 4.69) is 55.3 Å². The van der Waals surface area contributed by atoms with Crippen LogP contribution in [-0.2, 0) is 11.3 Å². The lowest BCUT2D eigenvalue weighted by atomic mass is 10.1. The van der Waals surface area contributed by atoms with Gasteiger partial charge in [-0.1, -0.05) is 30.3 Å². The van der Waals surface area contributed by atoms with Crippen LogP contribution in [0.1, 0.15) is 30.3 Å². The van der Waals surface area contributed by atoms with Gasteiger partial charge in [0.15, 0.2) is 0 Å². The summed E-state index contributed by atoms with van der Waals surface area (Å²) in [6, 6.07) is 14.3. The Bertz CT molecular complexity index is 713. The molecule has 2 atom stereocenters. The lowest BCUT2D eigenvalue weighted by Gasteiger charge is -2.37. The molecule has 1 aromatic heterocycles. The van der Waals surface area contributed by atoms with Crippen molar-refractivity contribution >= 4 is 33.2 Å². The minimum absolute atomic E-state index is 0.0321. The molecule has 1 amide bonds. The van der Waals surface area contributed by atoms with Crippen LogP contribution in [0.4, 0.5) is 0 Å². The van der Waals surface area contributed by atoms with Crippen LogP contribution in [-0.4, -0.2) is 47.9 Å². The van der Waals surface area contributed by atoms with Crippen molar-refractivity contribution in [3.8, 4) is 0 Å². The third kappa shape index (κ3) is 5.16. The fourth-order valence-electron chi connectivity index (χ4n) is 3.29. The maximum absolute atomic E-state index is 12.6. The van der Waals surface area contributed by atoms with Gasteiger partial charge in [0.1, 0.15) is 0 Å². The number of hydrogen-bond donors (Lipinski definition) is 1. The highest BCUT2D eigenvalue weighted by atomic mass is 79.9. The molecule has 1 N–H and O–H groups in total. The van der Waals surface area contributed by atoms with Crippen LogP contribution >= 0.6 is 27.3 Å². The molecule has 140 valence electrons. The zero-order valence-corrected chi connectivity index (χ0v) is 17.7. The van der Waals surface area contributed by atoms with Crippen molar-refractivity contribution in [2.24, 2.45) is 0 Å². The first-order valence-electron chi connectivity index (χ1n) is 9.09. The van der Waals surface area contributed by atoms with Crippen molar-refractivity contribution in [3.63, 3.8) is 0 Å². The number of nitrogens with zero attached hydrogens (tertiary/aromatic N) is 2. The van der Waals surface area contributed by atoms with Crippen molar-refractivity contribution in [2.75, 3.05) is 26.2 Å². The normalized spacial score (nSPS) is 18.4. The summed E-state index contributed by atoms with van der Waals surface area (Å²) in [6.07, 6.45) is 0. The van der Waals surface area contributed by atoms with E-state index in [1.807, 2.05) is 32.0 Å². The fourth-order valence-corrected chi connectivity index (χ4v) is 4.82. The first-order valence-corrected chi connectivity index (χ1v) is 10.7. The van der Waals surface area contributed by atoms with Crippen molar-refractivity contribution in [3.05, 3.63) is 56.7 Å². The lowest BCUT2D eigenvalue weighted by molar-refractivity contribution is -0.127. The molecule has 0 aliphatic carbocycles. The van der Waals surface area contributed by atoms with E-state index in [0.717, 1.165) is 38.3 Å². The van der Waals surface area contributed by atoms with Crippen LogP contribution in [0.15, 0.2) is 46.3 Å². The third-order valence-corrected chi connectivity index (χ3v) is 6.61. The summed E-state index contributed by atoms with van der Waals surface area (Å²) in [5.74, 6) is 0.108. The molecule has 26 heavy (non-hydrogen) atoms. The van der Waals surface area contributed by atoms with Crippen LogP contribution in [0, 0.1) is 0 Å². The van der Waals surface area contributed by atoms with Crippen LogP contribution in [0.2, 0.25) is 0 Å². The highest BCUT2D eigenvalue weighted by Gasteiger charge is 2.26. The average Bonchev–Trinajstić information content (AvgIpc) is 3.07. The number of carbonyl (C=O) groups is 1. The van der Waals surface area contributed by atoms with Crippen LogP contribution < -0.4 is 5.32 Å². The molecule has 1 aromatic carbocycles. The molecule has 1 aliphatic heterocycles. The van der Waals surface area contributed by atoms with E-state index in [-0.39, 0.29) is 18.0 Å². The van der Waals surface area contributed by atoms with E-state index in [1.54, 1.807) is 11.3 Å². The number of thiophene rings is 1. The number of rotatable bonds is 6. The van der Waals surface area contributed by atoms with Crippen LogP contribution in [0.5, 0.6) is 0 Å². The number of benzene rings is 1. The lowest BCUT2D eigenvalue weighted by Crippen LogP contribution is -2.53. The fraction of sp³-hybridized carbons (Fsp3) is 0.450. The predicted molar refractivity (Wildman–Crippen MR) is 111 cm³/mol. The van der Waals surface area contributed by atoms with Crippen LogP contribution in [0.25, 0.3) is 0 Å². The number of nitrogens with one attached hydrogen (secondary N) is 1. The largest absolute Gasteiger partial charge is 0.348 e. The number of piperazine rings is 1. The third-order valence-electron chi connectivity index (χ3n) is 5.00. The van der Waals surface area contributed by atoms with Crippen LogP contribution in [0.3, 0.4) is 0 Å². The van der Waals surface area contributed by atoms with E-state index in [9.17, 15) is 4.79 Å². The predicted octanol–water partition coefficient (Wildman–Crippen LogP) is 3.89. The molecule has 0 radical (unpaired) electrons. The number of amides is 1. The second-order valence-corrected chi connectivity index (χ2v) is 9.38. The minimum Gasteiger partial charge on any atom is -0.348 e. The van der Waals surface area contributed by atoms with Gasteiger partial charge in [0.25, 0.3) is 0 Å². The highest BCUT2D eigenvalue weighted by molar-refractivity contribution is 9.11. The summed E-state index contributed by atoms with van der Waals surface area (Å²) in [5, 5.41) is 3.15. The number of carbonyl (C=O) groups excluding carboxylic acids is 1. The Balaban J connectivity index is 1.46. The molecule has 0 spiro atoms. The average molecular weight is 436 g/mol. The van der Waals surface area contributed by atoms with Crippen molar-refractivity contribution in [1.29, 1.82) is 0 Å². The Morgan fingerprint density at radius 1 is 1.12 bits per heavy atom. The molecule has 1 aliphatic rings. The van der Waals surface area contributed by atoms with E-state index in [0.29, 0.717) is 0 Å². The van der Waals surface area contributed by atoms with Gasteiger partial charge >= 0.3 is 0 Å². The highest BCUT2D eigenvalue weighted by Crippen LogP contribution is 2.23. The van der Waals surface area contributed by atoms with Gasteiger partial charge in [-0.05, 0) is 47.5 Å². The summed E-state index contributed by atoms with van der Waals surface area (Å²) < 4.78 is 1.18. The van der Waals surface area contributed by atoms with Gasteiger partial charge in [0, 0.05) is 37.6 Å². The zero-order valence-electron chi connectivity index (χ0n) is 15.3. The van der Waals surface area contributed by atoms with Gasteiger partial charge in [0.05, 0.1) is 15.9 Å². The Hall–Kier alpha value is -1.21. The van der Waals surface area contributed by atoms with E-state index >= 15 is 0 Å². The molecule has 2 aromatic rings. The Morgan fingerprint density at radius 2 is 1.81 bits per heavy atom. The summed E-state index contributed by atoms with van der Waals surface area (Å²) in [5.41, 5.74) is 1.14. The summed E-state index contributed by atoms with van der Waals surface area (Å²) in [6.45, 7) is 8.91. The molecule has 6 heteroatoms. The molecule has 2 heterocycles. The standard InChI is InChI=1S/C20H26BrN3OS/c1-15(17-6-4-3-5-7-17)22-20(25)16(2)24-12-10-23(11-13-24)14-18-8-9-19(21)26-18/h3-9,15-16H,10-14H2,1-2H3,(H,22,25)/t15-,16-/m0/s1. The smallest absolute Gasteiger partial charge is 0.237 e. The van der Waals surface area contributed by atoms with Crippen molar-refractivity contribution in [1.82, 2.24) is 15.1 Å². The first-order chi connectivity index (χ1) is 12.5. The molecule has 0 unspecified atom stereocenters. The van der Waals surface area contributed by atoms with Crippen molar-refractivity contribution < 1.29 is 4.79 Å². The van der Waals surface area contributed by atoms with Gasteiger partial charge in [-0.25, -0.2) is 0 Å². The molecule has 4 nitrogen and oxygen atoms in total. The maximum Gasteiger partial charge on any atom is 0.237 e. The number of halogens is 1. The second-order valence-electron chi connectivity index (χ2n) is 6.83. The van der Waals surface area contributed by atoms with E-state index in [4.69, 9.17) is 0 Å². The molecule has 1 fully saturated rings. The van der Waals surface area contributed by atoms with Gasteiger partial charge in [-0.15, -0.1) is 11.3 Å². The number of hydrogen-bond acceptors (Lipinski definition) is 4. The molecule has 0 saturated carbocycles. The zero-order chi connectivity index (χ0) is 18.5. The Morgan fingerprint density at radius 3 is 2.42 bits per heavy atom. The van der Waals surface area contributed by atoms with E-state index in [1.165, 1.54) is 8.66 Å². The molecule has 1 saturated heterocycles. The van der Waals surface area contributed by atoms with Gasteiger partial charge in [0.2, 0.25) is 5.91 Å². The van der Waals surface area contributed by atoms with Gasteiger partial charge in [-0.3, -0.25) is 14.6 Å². The van der Waals surface area contributed by atoms with E-state index < -0.39 is 0 Å². The summed E-state index contributed by atoms with van der Waals surface area (Å²) in [4.78, 5) is 18.8. The van der Waals surface area contributed by atoms with Crippen molar-refractivity contribution in [2.45, 2.75) is 32.5 Å². The minimum atomic E-state index is -0.0980. The van der Waals surface area contributed by atoms with Gasteiger partial charge < -0.3 is 5.32 Å². The topological polar surface area (TPSA) is 35.6 Å². The molecule has 3 rings (SSSR count). The summed E-state index contributed by atoms with van der Waals surface area (Å²) in [7, 11) is 0. The summed E-state index contributed by atoms with van der Waals surface area (Å²) >= 11 is 5.32. The Labute approximate surface area is 168 Å².